The first kappa shape index (κ1) is 10.8. The highest BCUT2D eigenvalue weighted by Crippen LogP contribution is 2.22. The molecule has 0 aliphatic carbocycles. The van der Waals surface area contributed by atoms with Crippen molar-refractivity contribution in [2.75, 3.05) is 5.75 Å². The van der Waals surface area contributed by atoms with Gasteiger partial charge >= 0.3 is 0 Å². The summed E-state index contributed by atoms with van der Waals surface area (Å²) in [5.74, 6) is 0.897. The fraction of sp³-hybridized carbons (Fsp3) is 0.200. The lowest BCUT2D eigenvalue weighted by molar-refractivity contribution is 1.06. The van der Waals surface area contributed by atoms with Gasteiger partial charge in [0.05, 0.1) is 0 Å². The molecule has 1 rings (SSSR count). The molecule has 0 radical (unpaired) electrons. The van der Waals surface area contributed by atoms with E-state index in [0.717, 1.165) is 10.2 Å². The Bertz CT molecular complexity index is 299. The summed E-state index contributed by atoms with van der Waals surface area (Å²) in [4.78, 5) is 1.24. The molecule has 2 N–H and O–H groups in total. The molecule has 0 bridgehead atoms. The highest BCUT2D eigenvalue weighted by atomic mass is 79.9. The molecule has 0 unspecified atom stereocenters. The van der Waals surface area contributed by atoms with Crippen LogP contribution in [0, 0.1) is 0 Å². The van der Waals surface area contributed by atoms with E-state index in [1.807, 2.05) is 12.1 Å². The van der Waals surface area contributed by atoms with Crippen molar-refractivity contribution in [3.63, 3.8) is 0 Å². The first-order valence-electron chi connectivity index (χ1n) is 3.97. The van der Waals surface area contributed by atoms with Gasteiger partial charge in [0, 0.05) is 17.2 Å². The van der Waals surface area contributed by atoms with Crippen LogP contribution in [0.2, 0.25) is 0 Å². The molecule has 13 heavy (non-hydrogen) atoms. The van der Waals surface area contributed by atoms with Crippen molar-refractivity contribution in [3.05, 3.63) is 40.9 Å². The van der Waals surface area contributed by atoms with Crippen LogP contribution in [0.15, 0.2) is 40.2 Å². The lowest BCUT2D eigenvalue weighted by Crippen LogP contribution is -1.95. The Labute approximate surface area is 91.5 Å². The van der Waals surface area contributed by atoms with Gasteiger partial charge in [0.1, 0.15) is 0 Å². The van der Waals surface area contributed by atoms with Crippen molar-refractivity contribution in [1.82, 2.24) is 0 Å². The van der Waals surface area contributed by atoms with Crippen LogP contribution in [0.3, 0.4) is 0 Å². The first-order valence-corrected chi connectivity index (χ1v) is 5.75. The highest BCUT2D eigenvalue weighted by Gasteiger charge is 1.95. The summed E-state index contributed by atoms with van der Waals surface area (Å²) in [5, 5.41) is 0. The zero-order valence-corrected chi connectivity index (χ0v) is 9.70. The maximum atomic E-state index is 5.54. The maximum absolute atomic E-state index is 5.54. The SMILES string of the molecule is C=C(Br)CSc1cccc(CN)c1. The third kappa shape index (κ3) is 3.98. The lowest BCUT2D eigenvalue weighted by Gasteiger charge is -2.02. The largest absolute Gasteiger partial charge is 0.326 e. The highest BCUT2D eigenvalue weighted by molar-refractivity contribution is 9.11. The molecule has 0 aliphatic heterocycles. The van der Waals surface area contributed by atoms with E-state index >= 15 is 0 Å². The Hall–Kier alpha value is -0.250. The zero-order chi connectivity index (χ0) is 9.68. The summed E-state index contributed by atoms with van der Waals surface area (Å²) in [7, 11) is 0. The number of hydrogen-bond donors (Lipinski definition) is 1. The monoisotopic (exact) mass is 257 g/mol. The number of nitrogens with two attached hydrogens (primary N) is 1. The molecule has 0 atom stereocenters. The van der Waals surface area contributed by atoms with Crippen LogP contribution in [-0.4, -0.2) is 5.75 Å². The van der Waals surface area contributed by atoms with Crippen LogP contribution < -0.4 is 5.73 Å². The number of thioether (sulfide) groups is 1. The van der Waals surface area contributed by atoms with E-state index in [1.165, 1.54) is 10.5 Å². The van der Waals surface area contributed by atoms with Crippen molar-refractivity contribution < 1.29 is 0 Å². The van der Waals surface area contributed by atoms with Crippen molar-refractivity contribution in [1.29, 1.82) is 0 Å². The third-order valence-electron chi connectivity index (χ3n) is 1.53. The van der Waals surface area contributed by atoms with Gasteiger partial charge in [-0.05, 0) is 22.2 Å². The van der Waals surface area contributed by atoms with E-state index in [4.69, 9.17) is 5.73 Å². The summed E-state index contributed by atoms with van der Waals surface area (Å²) in [6.07, 6.45) is 0. The molecule has 1 nitrogen and oxygen atoms in total. The minimum absolute atomic E-state index is 0.601. The molecule has 0 saturated heterocycles. The van der Waals surface area contributed by atoms with Crippen LogP contribution in [0.5, 0.6) is 0 Å². The smallest absolute Gasteiger partial charge is 0.0292 e. The summed E-state index contributed by atoms with van der Waals surface area (Å²) >= 11 is 5.08. The van der Waals surface area contributed by atoms with Crippen molar-refractivity contribution in [2.45, 2.75) is 11.4 Å². The van der Waals surface area contributed by atoms with Crippen LogP contribution >= 0.6 is 27.7 Å². The number of benzene rings is 1. The average Bonchev–Trinajstić information content (AvgIpc) is 2.15. The summed E-state index contributed by atoms with van der Waals surface area (Å²) in [6, 6.07) is 8.26. The van der Waals surface area contributed by atoms with Gasteiger partial charge in [-0.1, -0.05) is 34.6 Å². The third-order valence-corrected chi connectivity index (χ3v) is 3.26. The van der Waals surface area contributed by atoms with E-state index in [0.29, 0.717) is 6.54 Å². The van der Waals surface area contributed by atoms with Gasteiger partial charge in [-0.15, -0.1) is 11.8 Å². The Balaban J connectivity index is 2.61. The molecular formula is C10H12BrNS. The van der Waals surface area contributed by atoms with Gasteiger partial charge in [-0.25, -0.2) is 0 Å². The Morgan fingerprint density at radius 2 is 2.31 bits per heavy atom. The first-order chi connectivity index (χ1) is 6.22. The number of rotatable bonds is 4. The standard InChI is InChI=1S/C10H12BrNS/c1-8(11)7-13-10-4-2-3-9(5-10)6-12/h2-5H,1,6-7,12H2. The van der Waals surface area contributed by atoms with E-state index in [-0.39, 0.29) is 0 Å². The molecule has 0 aromatic heterocycles. The van der Waals surface area contributed by atoms with Gasteiger partial charge in [0.25, 0.3) is 0 Å². The van der Waals surface area contributed by atoms with Crippen LogP contribution in [-0.2, 0) is 6.54 Å². The lowest BCUT2D eigenvalue weighted by atomic mass is 10.2. The molecule has 0 saturated carbocycles. The Morgan fingerprint density at radius 1 is 1.54 bits per heavy atom. The van der Waals surface area contributed by atoms with Gasteiger partial charge in [-0.3, -0.25) is 0 Å². The minimum Gasteiger partial charge on any atom is -0.326 e. The van der Waals surface area contributed by atoms with Gasteiger partial charge < -0.3 is 5.73 Å². The predicted molar refractivity (Wildman–Crippen MR) is 63.1 cm³/mol. The fourth-order valence-corrected chi connectivity index (χ4v) is 2.00. The molecule has 0 amide bonds. The van der Waals surface area contributed by atoms with Crippen LogP contribution in [0.4, 0.5) is 0 Å². The summed E-state index contributed by atoms with van der Waals surface area (Å²) < 4.78 is 1.01. The molecule has 0 fully saturated rings. The molecule has 1 aromatic rings. The second-order valence-electron chi connectivity index (χ2n) is 2.66. The molecule has 1 aromatic carbocycles. The molecule has 70 valence electrons. The van der Waals surface area contributed by atoms with Crippen molar-refractivity contribution in [3.8, 4) is 0 Å². The van der Waals surface area contributed by atoms with Crippen LogP contribution in [0.1, 0.15) is 5.56 Å². The second kappa shape index (κ2) is 5.47. The van der Waals surface area contributed by atoms with Gasteiger partial charge in [0.15, 0.2) is 0 Å². The molecular weight excluding hydrogens is 246 g/mol. The van der Waals surface area contributed by atoms with E-state index < -0.39 is 0 Å². The Kier molecular flexibility index (Phi) is 4.56. The van der Waals surface area contributed by atoms with E-state index in [2.05, 4.69) is 34.6 Å². The molecule has 0 heterocycles. The summed E-state index contributed by atoms with van der Waals surface area (Å²) in [6.45, 7) is 4.38. The molecule has 3 heteroatoms. The zero-order valence-electron chi connectivity index (χ0n) is 7.29. The molecule has 0 spiro atoms. The van der Waals surface area contributed by atoms with Gasteiger partial charge in [-0.2, -0.15) is 0 Å². The fourth-order valence-electron chi connectivity index (χ4n) is 0.924. The molecule has 0 aliphatic rings. The van der Waals surface area contributed by atoms with Gasteiger partial charge in [0.2, 0.25) is 0 Å². The summed E-state index contributed by atoms with van der Waals surface area (Å²) in [5.41, 5.74) is 6.71. The normalized spacial score (nSPS) is 10.0. The average molecular weight is 258 g/mol. The topological polar surface area (TPSA) is 26.0 Å². The van der Waals surface area contributed by atoms with Crippen molar-refractivity contribution in [2.24, 2.45) is 5.73 Å². The van der Waals surface area contributed by atoms with E-state index in [1.54, 1.807) is 11.8 Å². The van der Waals surface area contributed by atoms with E-state index in [9.17, 15) is 0 Å². The minimum atomic E-state index is 0.601. The van der Waals surface area contributed by atoms with Crippen LogP contribution in [0.25, 0.3) is 0 Å². The Morgan fingerprint density at radius 3 is 2.92 bits per heavy atom. The quantitative estimate of drug-likeness (QED) is 0.839. The number of hydrogen-bond acceptors (Lipinski definition) is 2. The predicted octanol–water partition coefficient (Wildman–Crippen LogP) is 3.15. The maximum Gasteiger partial charge on any atom is 0.0292 e. The van der Waals surface area contributed by atoms with Crippen molar-refractivity contribution >= 4 is 27.7 Å². The number of halogens is 1. The second-order valence-corrected chi connectivity index (χ2v) is 4.83.